The van der Waals surface area contributed by atoms with Crippen LogP contribution in [0.2, 0.25) is 0 Å². The highest BCUT2D eigenvalue weighted by Gasteiger charge is 2.22. The second kappa shape index (κ2) is 7.13. The van der Waals surface area contributed by atoms with Gasteiger partial charge in [-0.15, -0.1) is 11.6 Å². The lowest BCUT2D eigenvalue weighted by molar-refractivity contribution is 0.437. The maximum absolute atomic E-state index is 6.89. The van der Waals surface area contributed by atoms with Gasteiger partial charge in [0.25, 0.3) is 0 Å². The van der Waals surface area contributed by atoms with Gasteiger partial charge in [-0.05, 0) is 41.2 Å². The van der Waals surface area contributed by atoms with Gasteiger partial charge in [0.1, 0.15) is 0 Å². The number of unbranched alkanes of at least 4 members (excludes halogenated alkanes) is 1. The minimum atomic E-state index is 0.123. The molecule has 0 aliphatic carbocycles. The van der Waals surface area contributed by atoms with Crippen LogP contribution in [0.3, 0.4) is 0 Å². The quantitative estimate of drug-likeness (QED) is 0.522. The van der Waals surface area contributed by atoms with Crippen molar-refractivity contribution in [3.05, 3.63) is 47.5 Å². The second-order valence-corrected chi connectivity index (χ2v) is 6.20. The molecule has 2 aromatic rings. The second-order valence-electron chi connectivity index (χ2n) is 5.73. The van der Waals surface area contributed by atoms with Crippen molar-refractivity contribution in [2.24, 2.45) is 5.92 Å². The van der Waals surface area contributed by atoms with E-state index in [0.29, 0.717) is 5.92 Å². The average molecular weight is 289 g/mol. The van der Waals surface area contributed by atoms with Crippen molar-refractivity contribution in [1.82, 2.24) is 0 Å². The van der Waals surface area contributed by atoms with Crippen molar-refractivity contribution < 1.29 is 0 Å². The van der Waals surface area contributed by atoms with Crippen molar-refractivity contribution in [2.45, 2.75) is 51.8 Å². The van der Waals surface area contributed by atoms with Crippen LogP contribution in [0, 0.1) is 12.8 Å². The highest BCUT2D eigenvalue weighted by atomic mass is 35.5. The third-order valence-electron chi connectivity index (χ3n) is 4.33. The van der Waals surface area contributed by atoms with Crippen molar-refractivity contribution in [1.29, 1.82) is 0 Å². The Morgan fingerprint density at radius 2 is 1.80 bits per heavy atom. The smallest absolute Gasteiger partial charge is 0.0621 e. The summed E-state index contributed by atoms with van der Waals surface area (Å²) < 4.78 is 0. The Kier molecular flexibility index (Phi) is 5.48. The number of hydrogen-bond donors (Lipinski definition) is 0. The van der Waals surface area contributed by atoms with Gasteiger partial charge in [-0.1, -0.05) is 69.5 Å². The summed E-state index contributed by atoms with van der Waals surface area (Å²) in [6.07, 6.45) is 4.89. The Morgan fingerprint density at radius 3 is 2.50 bits per heavy atom. The maximum Gasteiger partial charge on any atom is 0.0621 e. The van der Waals surface area contributed by atoms with Gasteiger partial charge in [-0.2, -0.15) is 0 Å². The Hall–Kier alpha value is -1.01. The molecule has 0 bridgehead atoms. The number of aryl methyl sites for hydroxylation is 1. The van der Waals surface area contributed by atoms with Crippen LogP contribution in [0.15, 0.2) is 36.4 Å². The van der Waals surface area contributed by atoms with Crippen LogP contribution in [0.5, 0.6) is 0 Å². The van der Waals surface area contributed by atoms with Crippen molar-refractivity contribution in [3.63, 3.8) is 0 Å². The molecule has 0 saturated heterocycles. The Labute approximate surface area is 128 Å². The monoisotopic (exact) mass is 288 g/mol. The lowest BCUT2D eigenvalue weighted by Crippen LogP contribution is -2.09. The summed E-state index contributed by atoms with van der Waals surface area (Å²) in [6, 6.07) is 13.0. The predicted octanol–water partition coefficient (Wildman–Crippen LogP) is 6.64. The topological polar surface area (TPSA) is 0 Å². The molecular weight excluding hydrogens is 264 g/mol. The lowest BCUT2D eigenvalue weighted by atomic mass is 9.87. The zero-order valence-corrected chi connectivity index (χ0v) is 13.6. The van der Waals surface area contributed by atoms with E-state index in [2.05, 4.69) is 57.2 Å². The van der Waals surface area contributed by atoms with Gasteiger partial charge in [0, 0.05) is 0 Å². The number of benzene rings is 2. The fraction of sp³-hybridized carbons (Fsp3) is 0.474. The number of alkyl halides is 1. The van der Waals surface area contributed by atoms with E-state index in [0.717, 1.165) is 6.42 Å². The molecule has 0 amide bonds. The number of hydrogen-bond acceptors (Lipinski definition) is 0. The molecule has 1 heteroatoms. The van der Waals surface area contributed by atoms with E-state index >= 15 is 0 Å². The fourth-order valence-electron chi connectivity index (χ4n) is 3.03. The first kappa shape index (κ1) is 15.4. The molecule has 2 rings (SSSR count). The SMILES string of the molecule is CCCCC(CC)C(Cl)c1c(C)ccc2ccccc12. The van der Waals surface area contributed by atoms with Gasteiger partial charge in [-0.3, -0.25) is 0 Å². The first-order valence-electron chi connectivity index (χ1n) is 7.81. The molecule has 0 fully saturated rings. The normalized spacial score (nSPS) is 14.4. The Bertz CT molecular complexity index is 559. The molecule has 0 spiro atoms. The average Bonchev–Trinajstić information content (AvgIpc) is 2.47. The van der Waals surface area contributed by atoms with Gasteiger partial charge in [0.05, 0.1) is 5.38 Å². The van der Waals surface area contributed by atoms with E-state index in [1.165, 1.54) is 41.2 Å². The lowest BCUT2D eigenvalue weighted by Gasteiger charge is -2.24. The molecule has 0 aliphatic heterocycles. The van der Waals surface area contributed by atoms with Crippen LogP contribution in [-0.4, -0.2) is 0 Å². The van der Waals surface area contributed by atoms with Gasteiger partial charge in [0.15, 0.2) is 0 Å². The van der Waals surface area contributed by atoms with Crippen LogP contribution in [0.4, 0.5) is 0 Å². The van der Waals surface area contributed by atoms with E-state index in [4.69, 9.17) is 11.6 Å². The first-order valence-corrected chi connectivity index (χ1v) is 8.25. The summed E-state index contributed by atoms with van der Waals surface area (Å²) in [5.41, 5.74) is 2.66. The Balaban J connectivity index is 2.42. The summed E-state index contributed by atoms with van der Waals surface area (Å²) in [5.74, 6) is 0.570. The highest BCUT2D eigenvalue weighted by Crippen LogP contribution is 2.39. The first-order chi connectivity index (χ1) is 9.69. The zero-order chi connectivity index (χ0) is 14.5. The van der Waals surface area contributed by atoms with E-state index < -0.39 is 0 Å². The van der Waals surface area contributed by atoms with Crippen LogP contribution in [0.25, 0.3) is 10.8 Å². The molecule has 0 heterocycles. The van der Waals surface area contributed by atoms with Crippen LogP contribution < -0.4 is 0 Å². The van der Waals surface area contributed by atoms with Crippen molar-refractivity contribution in [3.8, 4) is 0 Å². The molecule has 108 valence electrons. The third kappa shape index (κ3) is 3.17. The van der Waals surface area contributed by atoms with Gasteiger partial charge in [0.2, 0.25) is 0 Å². The number of fused-ring (bicyclic) bond motifs is 1. The maximum atomic E-state index is 6.89. The van der Waals surface area contributed by atoms with E-state index in [9.17, 15) is 0 Å². The van der Waals surface area contributed by atoms with Crippen LogP contribution >= 0.6 is 11.6 Å². The predicted molar refractivity (Wildman–Crippen MR) is 90.6 cm³/mol. The molecule has 0 aromatic heterocycles. The fourth-order valence-corrected chi connectivity index (χ4v) is 3.62. The molecule has 0 N–H and O–H groups in total. The summed E-state index contributed by atoms with van der Waals surface area (Å²) in [6.45, 7) is 6.69. The van der Waals surface area contributed by atoms with Gasteiger partial charge in [-0.25, -0.2) is 0 Å². The summed E-state index contributed by atoms with van der Waals surface area (Å²) >= 11 is 6.89. The summed E-state index contributed by atoms with van der Waals surface area (Å²) in [5, 5.41) is 2.74. The van der Waals surface area contributed by atoms with Gasteiger partial charge < -0.3 is 0 Å². The van der Waals surface area contributed by atoms with Crippen LogP contribution in [-0.2, 0) is 0 Å². The zero-order valence-electron chi connectivity index (χ0n) is 12.8. The Morgan fingerprint density at radius 1 is 1.05 bits per heavy atom. The molecule has 0 saturated carbocycles. The number of halogens is 1. The molecule has 0 radical (unpaired) electrons. The molecular formula is C19H25Cl. The van der Waals surface area contributed by atoms with Crippen molar-refractivity contribution in [2.75, 3.05) is 0 Å². The minimum Gasteiger partial charge on any atom is -0.117 e. The van der Waals surface area contributed by atoms with Crippen LogP contribution in [0.1, 0.15) is 56.0 Å². The van der Waals surface area contributed by atoms with E-state index in [-0.39, 0.29) is 5.38 Å². The van der Waals surface area contributed by atoms with Gasteiger partial charge >= 0.3 is 0 Å². The highest BCUT2D eigenvalue weighted by molar-refractivity contribution is 6.22. The van der Waals surface area contributed by atoms with E-state index in [1.54, 1.807) is 0 Å². The largest absolute Gasteiger partial charge is 0.117 e. The molecule has 0 aliphatic rings. The number of rotatable bonds is 6. The third-order valence-corrected chi connectivity index (χ3v) is 4.91. The molecule has 0 nitrogen and oxygen atoms in total. The van der Waals surface area contributed by atoms with Crippen molar-refractivity contribution >= 4 is 22.4 Å². The minimum absolute atomic E-state index is 0.123. The van der Waals surface area contributed by atoms with E-state index in [1.807, 2.05) is 0 Å². The molecule has 20 heavy (non-hydrogen) atoms. The molecule has 2 unspecified atom stereocenters. The molecule has 2 aromatic carbocycles. The summed E-state index contributed by atoms with van der Waals surface area (Å²) in [7, 11) is 0. The molecule has 2 atom stereocenters. The standard InChI is InChI=1S/C19H25Cl/c1-4-6-9-15(5-2)19(20)18-14(3)12-13-16-10-7-8-11-17(16)18/h7-8,10-13,15,19H,4-6,9H2,1-3H3. The summed E-state index contributed by atoms with van der Waals surface area (Å²) in [4.78, 5) is 0.